The zero-order chi connectivity index (χ0) is 28.5. The number of likely N-dealkylation sites (tertiary alicyclic amines) is 1. The second-order valence-corrected chi connectivity index (χ2v) is 11.4. The van der Waals surface area contributed by atoms with Gasteiger partial charge < -0.3 is 19.6 Å². The summed E-state index contributed by atoms with van der Waals surface area (Å²) in [4.78, 5) is 41.2. The molecule has 1 saturated heterocycles. The molecule has 9 nitrogen and oxygen atoms in total. The lowest BCUT2D eigenvalue weighted by molar-refractivity contribution is -0.143. The van der Waals surface area contributed by atoms with Crippen LogP contribution in [-0.2, 0) is 22.4 Å². The highest BCUT2D eigenvalue weighted by Gasteiger charge is 2.47. The number of carboxylic acid groups (broad SMARTS) is 1. The molecule has 1 aromatic carbocycles. The number of hydrogen-bond acceptors (Lipinski definition) is 7. The molecule has 0 spiro atoms. The van der Waals surface area contributed by atoms with Gasteiger partial charge in [-0.1, -0.05) is 25.5 Å². The second-order valence-electron chi connectivity index (χ2n) is 11.4. The minimum atomic E-state index is -0.809. The Balaban J connectivity index is 1.54. The summed E-state index contributed by atoms with van der Waals surface area (Å²) in [5.41, 5.74) is 3.04. The first-order valence-electron chi connectivity index (χ1n) is 14.8. The van der Waals surface area contributed by atoms with Crippen molar-refractivity contribution in [3.05, 3.63) is 53.6 Å². The molecule has 3 heterocycles. The number of benzene rings is 1. The number of unbranched alkanes of at least 4 members (excludes halogenated alkanes) is 2. The molecule has 3 atom stereocenters. The standard InChI is InChI=1S/C31H45N5O4/c1-4-5-16-35(17-7-6-15-34(2)3)29(37)21-36-20-26(23-8-11-28-24(19-23)13-18-40-28)30(31(38)39)27(36)10-9-25-12-14-32-22-33-25/h8,11-12,14,19,22,26-27,30H,4-7,9-10,13,15-18,20-21H2,1-3H3,(H,38,39)/t26-,27+,30-/m1/s1. The third kappa shape index (κ3) is 7.79. The topological polar surface area (TPSA) is 99.1 Å². The van der Waals surface area contributed by atoms with Crippen LogP contribution >= 0.6 is 0 Å². The van der Waals surface area contributed by atoms with Gasteiger partial charge in [-0.15, -0.1) is 0 Å². The Bertz CT molecular complexity index is 1110. The van der Waals surface area contributed by atoms with Crippen molar-refractivity contribution in [1.82, 2.24) is 24.7 Å². The van der Waals surface area contributed by atoms with Crippen LogP contribution in [0.5, 0.6) is 5.75 Å². The highest BCUT2D eigenvalue weighted by Crippen LogP contribution is 2.41. The van der Waals surface area contributed by atoms with Crippen LogP contribution < -0.4 is 4.74 Å². The molecule has 1 aromatic heterocycles. The zero-order valence-corrected chi connectivity index (χ0v) is 24.3. The highest BCUT2D eigenvalue weighted by atomic mass is 16.5. The van der Waals surface area contributed by atoms with Crippen molar-refractivity contribution in [1.29, 1.82) is 0 Å². The third-order valence-electron chi connectivity index (χ3n) is 8.27. The fourth-order valence-corrected chi connectivity index (χ4v) is 6.10. The van der Waals surface area contributed by atoms with E-state index >= 15 is 0 Å². The number of aryl methyl sites for hydroxylation is 1. The van der Waals surface area contributed by atoms with Crippen LogP contribution in [0.3, 0.4) is 0 Å². The molecule has 9 heteroatoms. The summed E-state index contributed by atoms with van der Waals surface area (Å²) in [6.07, 6.45) is 9.32. The van der Waals surface area contributed by atoms with E-state index in [-0.39, 0.29) is 24.4 Å². The highest BCUT2D eigenvalue weighted by molar-refractivity contribution is 5.79. The van der Waals surface area contributed by atoms with Crippen molar-refractivity contribution < 1.29 is 19.4 Å². The van der Waals surface area contributed by atoms with Gasteiger partial charge in [-0.05, 0) is 76.0 Å². The molecule has 0 bridgehead atoms. The van der Waals surface area contributed by atoms with Crippen molar-refractivity contribution in [2.24, 2.45) is 5.92 Å². The fourth-order valence-electron chi connectivity index (χ4n) is 6.10. The van der Waals surface area contributed by atoms with Gasteiger partial charge in [-0.25, -0.2) is 9.97 Å². The largest absolute Gasteiger partial charge is 0.493 e. The van der Waals surface area contributed by atoms with E-state index in [2.05, 4.69) is 46.9 Å². The number of rotatable bonds is 15. The van der Waals surface area contributed by atoms with E-state index in [0.29, 0.717) is 26.0 Å². The van der Waals surface area contributed by atoms with Crippen LogP contribution in [0.2, 0.25) is 0 Å². The van der Waals surface area contributed by atoms with Gasteiger partial charge in [0.2, 0.25) is 5.91 Å². The van der Waals surface area contributed by atoms with Gasteiger partial charge in [0, 0.05) is 49.9 Å². The molecule has 0 unspecified atom stereocenters. The molecular weight excluding hydrogens is 506 g/mol. The zero-order valence-electron chi connectivity index (χ0n) is 24.3. The number of carbonyl (C=O) groups excluding carboxylic acids is 1. The molecule has 4 rings (SSSR count). The van der Waals surface area contributed by atoms with E-state index in [0.717, 1.165) is 74.3 Å². The van der Waals surface area contributed by atoms with Crippen LogP contribution in [-0.4, -0.2) is 101 Å². The lowest BCUT2D eigenvalue weighted by atomic mass is 9.83. The number of carboxylic acids is 1. The first-order chi connectivity index (χ1) is 19.4. The molecule has 0 radical (unpaired) electrons. The Morgan fingerprint density at radius 3 is 2.65 bits per heavy atom. The molecule has 2 aromatic rings. The predicted octanol–water partition coefficient (Wildman–Crippen LogP) is 3.48. The van der Waals surface area contributed by atoms with Crippen molar-refractivity contribution in [3.63, 3.8) is 0 Å². The fraction of sp³-hybridized carbons (Fsp3) is 0.613. The SMILES string of the molecule is CCCCN(CCCCN(C)C)C(=O)CN1C[C@H](c2ccc3c(c2)CCO3)[C@@H](C(=O)O)[C@@H]1CCc1ccncn1. The second kappa shape index (κ2) is 14.6. The molecule has 218 valence electrons. The van der Waals surface area contributed by atoms with Crippen molar-refractivity contribution in [2.75, 3.05) is 53.4 Å². The molecule has 2 aliphatic rings. The average molecular weight is 552 g/mol. The van der Waals surface area contributed by atoms with E-state index in [9.17, 15) is 14.7 Å². The average Bonchev–Trinajstić information content (AvgIpc) is 3.56. The van der Waals surface area contributed by atoms with Crippen LogP contribution in [0.15, 0.2) is 36.8 Å². The maximum Gasteiger partial charge on any atom is 0.308 e. The smallest absolute Gasteiger partial charge is 0.308 e. The van der Waals surface area contributed by atoms with Gasteiger partial charge in [0.1, 0.15) is 12.1 Å². The van der Waals surface area contributed by atoms with E-state index in [1.807, 2.05) is 23.1 Å². The molecular formula is C31H45N5O4. The molecule has 0 saturated carbocycles. The minimum absolute atomic E-state index is 0.0949. The molecule has 1 N–H and O–H groups in total. The normalized spacial score (nSPS) is 20.4. The van der Waals surface area contributed by atoms with Gasteiger partial charge in [0.15, 0.2) is 0 Å². The third-order valence-corrected chi connectivity index (χ3v) is 8.27. The van der Waals surface area contributed by atoms with Crippen molar-refractivity contribution >= 4 is 11.9 Å². The van der Waals surface area contributed by atoms with Gasteiger partial charge in [0.25, 0.3) is 0 Å². The van der Waals surface area contributed by atoms with Crippen LogP contribution in [0.1, 0.15) is 61.8 Å². The first kappa shape index (κ1) is 29.9. The molecule has 1 fully saturated rings. The van der Waals surface area contributed by atoms with Gasteiger partial charge in [-0.2, -0.15) is 0 Å². The number of aromatic nitrogens is 2. The number of ether oxygens (including phenoxy) is 1. The summed E-state index contributed by atoms with van der Waals surface area (Å²) >= 11 is 0. The van der Waals surface area contributed by atoms with Crippen molar-refractivity contribution in [3.8, 4) is 5.75 Å². The van der Waals surface area contributed by atoms with Gasteiger partial charge >= 0.3 is 5.97 Å². The van der Waals surface area contributed by atoms with Crippen LogP contribution in [0.4, 0.5) is 0 Å². The lowest BCUT2D eigenvalue weighted by Crippen LogP contribution is -2.45. The molecule has 2 aliphatic heterocycles. The first-order valence-corrected chi connectivity index (χ1v) is 14.8. The molecule has 0 aliphatic carbocycles. The molecule has 40 heavy (non-hydrogen) atoms. The Labute approximate surface area is 238 Å². The van der Waals surface area contributed by atoms with E-state index in [1.54, 1.807) is 6.20 Å². The number of nitrogens with zero attached hydrogens (tertiary/aromatic N) is 5. The van der Waals surface area contributed by atoms with Crippen molar-refractivity contribution in [2.45, 2.75) is 63.8 Å². The predicted molar refractivity (Wildman–Crippen MR) is 154 cm³/mol. The number of aliphatic carboxylic acids is 1. The van der Waals surface area contributed by atoms with E-state index in [4.69, 9.17) is 4.74 Å². The monoisotopic (exact) mass is 551 g/mol. The number of fused-ring (bicyclic) bond motifs is 1. The van der Waals surface area contributed by atoms with Crippen LogP contribution in [0, 0.1) is 5.92 Å². The Kier molecular flexibility index (Phi) is 10.9. The lowest BCUT2D eigenvalue weighted by Gasteiger charge is -2.30. The summed E-state index contributed by atoms with van der Waals surface area (Å²) in [5.74, 6) is -0.634. The quantitative estimate of drug-likeness (QED) is 0.336. The van der Waals surface area contributed by atoms with E-state index < -0.39 is 11.9 Å². The minimum Gasteiger partial charge on any atom is -0.493 e. The summed E-state index contributed by atoms with van der Waals surface area (Å²) < 4.78 is 5.69. The summed E-state index contributed by atoms with van der Waals surface area (Å²) in [5, 5.41) is 10.5. The maximum absolute atomic E-state index is 13.7. The Morgan fingerprint density at radius 2 is 1.93 bits per heavy atom. The Hall–Kier alpha value is -3.04. The van der Waals surface area contributed by atoms with E-state index in [1.165, 1.54) is 6.33 Å². The van der Waals surface area contributed by atoms with Gasteiger partial charge in [0.05, 0.1) is 19.1 Å². The Morgan fingerprint density at radius 1 is 1.12 bits per heavy atom. The summed E-state index contributed by atoms with van der Waals surface area (Å²) in [6, 6.07) is 7.70. The summed E-state index contributed by atoms with van der Waals surface area (Å²) in [6.45, 7) is 6.06. The molecule has 1 amide bonds. The maximum atomic E-state index is 13.7. The number of carbonyl (C=O) groups is 2. The van der Waals surface area contributed by atoms with Crippen LogP contribution in [0.25, 0.3) is 0 Å². The number of amides is 1. The summed E-state index contributed by atoms with van der Waals surface area (Å²) in [7, 11) is 4.14. The van der Waals surface area contributed by atoms with Gasteiger partial charge in [-0.3, -0.25) is 14.5 Å². The number of hydrogen-bond donors (Lipinski definition) is 1.